The van der Waals surface area contributed by atoms with Crippen molar-refractivity contribution in [2.45, 2.75) is 26.0 Å². The molecule has 0 N–H and O–H groups in total. The monoisotopic (exact) mass is 368 g/mol. The molecule has 0 unspecified atom stereocenters. The van der Waals surface area contributed by atoms with Crippen LogP contribution in [0.15, 0.2) is 53.5 Å². The molecule has 0 fully saturated rings. The normalized spacial score (nSPS) is 13.6. The molecule has 2 aromatic rings. The van der Waals surface area contributed by atoms with Gasteiger partial charge in [0.15, 0.2) is 5.17 Å². The zero-order chi connectivity index (χ0) is 18.4. The van der Waals surface area contributed by atoms with Gasteiger partial charge in [0.1, 0.15) is 5.75 Å². The van der Waals surface area contributed by atoms with Crippen molar-refractivity contribution in [2.75, 3.05) is 19.7 Å². The van der Waals surface area contributed by atoms with E-state index in [-0.39, 0.29) is 5.91 Å². The summed E-state index contributed by atoms with van der Waals surface area (Å²) in [5.74, 6) is 1.76. The Labute approximate surface area is 159 Å². The average molecular weight is 369 g/mol. The maximum atomic E-state index is 12.7. The lowest BCUT2D eigenvalue weighted by molar-refractivity contribution is -0.126. The third-order valence-electron chi connectivity index (χ3n) is 4.14. The van der Waals surface area contributed by atoms with E-state index in [1.54, 1.807) is 11.8 Å². The number of carbonyl (C=O) groups excluding carboxylic acids is 1. The van der Waals surface area contributed by atoms with Crippen molar-refractivity contribution < 1.29 is 9.53 Å². The van der Waals surface area contributed by atoms with Crippen molar-refractivity contribution in [1.82, 2.24) is 4.90 Å². The summed E-state index contributed by atoms with van der Waals surface area (Å²) in [6.07, 6.45) is 0.385. The number of aliphatic imine (C=N–C) groups is 1. The van der Waals surface area contributed by atoms with Crippen LogP contribution in [0.4, 0.5) is 0 Å². The molecular weight excluding hydrogens is 344 g/mol. The number of nitrogens with zero attached hydrogens (tertiary/aromatic N) is 2. The molecule has 0 atom stereocenters. The van der Waals surface area contributed by atoms with E-state index in [2.05, 4.69) is 36.2 Å². The Morgan fingerprint density at radius 2 is 2.00 bits per heavy atom. The number of hydrogen-bond donors (Lipinski definition) is 0. The van der Waals surface area contributed by atoms with Crippen molar-refractivity contribution in [3.63, 3.8) is 0 Å². The Bertz CT molecular complexity index is 787. The first kappa shape index (κ1) is 18.5. The lowest BCUT2D eigenvalue weighted by Crippen LogP contribution is -2.34. The summed E-state index contributed by atoms with van der Waals surface area (Å²) in [6, 6.07) is 16.2. The molecule has 4 nitrogen and oxygen atoms in total. The minimum Gasteiger partial charge on any atom is -0.494 e. The van der Waals surface area contributed by atoms with Crippen molar-refractivity contribution in [2.24, 2.45) is 4.99 Å². The molecular formula is C21H24N2O2S. The minimum absolute atomic E-state index is 0.0992. The lowest BCUT2D eigenvalue weighted by atomic mass is 10.1. The quantitative estimate of drug-likeness (QED) is 0.772. The molecule has 5 heteroatoms. The van der Waals surface area contributed by atoms with Gasteiger partial charge in [0.05, 0.1) is 19.6 Å². The van der Waals surface area contributed by atoms with Gasteiger partial charge in [-0.05, 0) is 37.1 Å². The molecule has 0 aliphatic carbocycles. The molecule has 0 spiro atoms. The van der Waals surface area contributed by atoms with Crippen LogP contribution < -0.4 is 4.74 Å². The van der Waals surface area contributed by atoms with E-state index in [4.69, 9.17) is 4.74 Å². The standard InChI is InChI=1S/C21H24N2O2S/c1-3-25-19-9-7-17(8-10-19)14-20(24)23-12-11-22-21(23)26-15-18-6-4-5-16(2)13-18/h4-10,13H,3,11-12,14-15H2,1-2H3. The van der Waals surface area contributed by atoms with Gasteiger partial charge in [-0.2, -0.15) is 0 Å². The van der Waals surface area contributed by atoms with Crippen LogP contribution in [0, 0.1) is 6.92 Å². The first-order valence-corrected chi connectivity index (χ1v) is 9.89. The summed E-state index contributed by atoms with van der Waals surface area (Å²) in [5, 5.41) is 0.836. The van der Waals surface area contributed by atoms with E-state index >= 15 is 0 Å². The van der Waals surface area contributed by atoms with Crippen LogP contribution in [0.3, 0.4) is 0 Å². The number of benzene rings is 2. The van der Waals surface area contributed by atoms with Gasteiger partial charge in [0.25, 0.3) is 0 Å². The molecule has 0 radical (unpaired) electrons. The van der Waals surface area contributed by atoms with Crippen molar-refractivity contribution >= 4 is 22.8 Å². The van der Waals surface area contributed by atoms with Crippen LogP contribution in [-0.4, -0.2) is 35.7 Å². The Morgan fingerprint density at radius 3 is 2.73 bits per heavy atom. The summed E-state index contributed by atoms with van der Waals surface area (Å²) >= 11 is 1.64. The van der Waals surface area contributed by atoms with Gasteiger partial charge < -0.3 is 4.74 Å². The van der Waals surface area contributed by atoms with Crippen LogP contribution in [0.5, 0.6) is 5.75 Å². The highest BCUT2D eigenvalue weighted by Crippen LogP contribution is 2.21. The summed E-state index contributed by atoms with van der Waals surface area (Å²) in [6.45, 7) is 6.05. The molecule has 1 aliphatic rings. The Hall–Kier alpha value is -2.27. The van der Waals surface area contributed by atoms with Gasteiger partial charge in [0.2, 0.25) is 5.91 Å². The van der Waals surface area contributed by atoms with E-state index in [1.165, 1.54) is 11.1 Å². The molecule has 1 heterocycles. The zero-order valence-electron chi connectivity index (χ0n) is 15.3. The van der Waals surface area contributed by atoms with E-state index in [1.807, 2.05) is 36.1 Å². The predicted molar refractivity (Wildman–Crippen MR) is 108 cm³/mol. The Morgan fingerprint density at radius 1 is 1.19 bits per heavy atom. The van der Waals surface area contributed by atoms with Gasteiger partial charge in [-0.15, -0.1) is 0 Å². The summed E-state index contributed by atoms with van der Waals surface area (Å²) < 4.78 is 5.45. The smallest absolute Gasteiger partial charge is 0.233 e. The molecule has 0 aromatic heterocycles. The minimum atomic E-state index is 0.0992. The summed E-state index contributed by atoms with van der Waals surface area (Å²) in [5.41, 5.74) is 3.50. The maximum absolute atomic E-state index is 12.7. The number of amidine groups is 1. The van der Waals surface area contributed by atoms with E-state index in [0.717, 1.165) is 22.2 Å². The van der Waals surface area contributed by atoms with E-state index < -0.39 is 0 Å². The molecule has 1 amide bonds. The van der Waals surface area contributed by atoms with E-state index in [0.29, 0.717) is 26.1 Å². The topological polar surface area (TPSA) is 41.9 Å². The molecule has 0 bridgehead atoms. The Kier molecular flexibility index (Phi) is 6.34. The molecule has 3 rings (SSSR count). The average Bonchev–Trinajstić information content (AvgIpc) is 3.11. The molecule has 0 saturated carbocycles. The fourth-order valence-corrected chi connectivity index (χ4v) is 3.88. The highest BCUT2D eigenvalue weighted by Gasteiger charge is 2.24. The fourth-order valence-electron chi connectivity index (χ4n) is 2.87. The summed E-state index contributed by atoms with van der Waals surface area (Å²) in [4.78, 5) is 19.0. The van der Waals surface area contributed by atoms with Crippen LogP contribution in [0.25, 0.3) is 0 Å². The molecule has 1 aliphatic heterocycles. The van der Waals surface area contributed by atoms with Crippen molar-refractivity contribution in [1.29, 1.82) is 0 Å². The summed E-state index contributed by atoms with van der Waals surface area (Å²) in [7, 11) is 0. The van der Waals surface area contributed by atoms with Gasteiger partial charge >= 0.3 is 0 Å². The second kappa shape index (κ2) is 8.90. The molecule has 136 valence electrons. The SMILES string of the molecule is CCOc1ccc(CC(=O)N2CCN=C2SCc2cccc(C)c2)cc1. The third-order valence-corrected chi connectivity index (χ3v) is 5.23. The second-order valence-corrected chi connectivity index (χ2v) is 7.18. The number of hydrogen-bond acceptors (Lipinski definition) is 4. The molecule has 0 saturated heterocycles. The number of ether oxygens (including phenoxy) is 1. The zero-order valence-corrected chi connectivity index (χ0v) is 16.1. The highest BCUT2D eigenvalue weighted by atomic mass is 32.2. The van der Waals surface area contributed by atoms with Crippen molar-refractivity contribution in [3.05, 3.63) is 65.2 Å². The highest BCUT2D eigenvalue weighted by molar-refractivity contribution is 8.13. The number of thioether (sulfide) groups is 1. The largest absolute Gasteiger partial charge is 0.494 e. The van der Waals surface area contributed by atoms with E-state index in [9.17, 15) is 4.79 Å². The van der Waals surface area contributed by atoms with Gasteiger partial charge in [-0.25, -0.2) is 0 Å². The fraction of sp³-hybridized carbons (Fsp3) is 0.333. The predicted octanol–water partition coefficient (Wildman–Crippen LogP) is 4.07. The number of amides is 1. The third kappa shape index (κ3) is 4.88. The Balaban J connectivity index is 1.57. The molecule has 2 aromatic carbocycles. The van der Waals surface area contributed by atoms with Gasteiger partial charge in [-0.1, -0.05) is 53.7 Å². The maximum Gasteiger partial charge on any atom is 0.233 e. The number of aryl methyl sites for hydroxylation is 1. The van der Waals surface area contributed by atoms with Gasteiger partial charge in [0, 0.05) is 12.3 Å². The van der Waals surface area contributed by atoms with Gasteiger partial charge in [-0.3, -0.25) is 14.7 Å². The van der Waals surface area contributed by atoms with Crippen LogP contribution >= 0.6 is 11.8 Å². The van der Waals surface area contributed by atoms with Crippen molar-refractivity contribution in [3.8, 4) is 5.75 Å². The second-order valence-electron chi connectivity index (χ2n) is 6.24. The first-order valence-electron chi connectivity index (χ1n) is 8.90. The first-order chi connectivity index (χ1) is 12.7. The van der Waals surface area contributed by atoms with Crippen LogP contribution in [-0.2, 0) is 17.0 Å². The number of rotatable bonds is 6. The van der Waals surface area contributed by atoms with Crippen LogP contribution in [0.2, 0.25) is 0 Å². The number of carbonyl (C=O) groups is 1. The molecule has 26 heavy (non-hydrogen) atoms. The lowest BCUT2D eigenvalue weighted by Gasteiger charge is -2.18. The van der Waals surface area contributed by atoms with Crippen LogP contribution in [0.1, 0.15) is 23.6 Å².